The van der Waals surface area contributed by atoms with Crippen molar-refractivity contribution in [2.45, 2.75) is 0 Å². The van der Waals surface area contributed by atoms with Crippen LogP contribution in [0.25, 0.3) is 17.2 Å². The number of carbonyl (C=O) groups is 2. The Morgan fingerprint density at radius 1 is 0.935 bits per heavy atom. The number of benzene rings is 3. The third kappa shape index (κ3) is 5.36. The van der Waals surface area contributed by atoms with Gasteiger partial charge in [0.2, 0.25) is 5.89 Å². The molecule has 7 heteroatoms. The van der Waals surface area contributed by atoms with Crippen molar-refractivity contribution >= 4 is 34.7 Å². The standard InChI is InChI=1S/C24H18N2O5/c27-22(25-18-10-4-6-12-20(18)30-17-8-2-1-3-9-17)16-29-24(28)15-14-23-26-19-11-5-7-13-21(19)31-23/h1-15H,16H2,(H,25,27)/b15-14+. The third-order valence-corrected chi connectivity index (χ3v) is 4.15. The second-order valence-electron chi connectivity index (χ2n) is 6.42. The van der Waals surface area contributed by atoms with Crippen LogP contribution >= 0.6 is 0 Å². The summed E-state index contributed by atoms with van der Waals surface area (Å²) >= 11 is 0. The van der Waals surface area contributed by atoms with E-state index < -0.39 is 18.5 Å². The van der Waals surface area contributed by atoms with Crippen LogP contribution < -0.4 is 10.1 Å². The van der Waals surface area contributed by atoms with Gasteiger partial charge in [-0.2, -0.15) is 0 Å². The average molecular weight is 414 g/mol. The number of carbonyl (C=O) groups excluding carboxylic acids is 2. The minimum absolute atomic E-state index is 0.273. The molecule has 0 bridgehead atoms. The van der Waals surface area contributed by atoms with Gasteiger partial charge in [-0.05, 0) is 36.4 Å². The molecule has 1 heterocycles. The fraction of sp³-hybridized carbons (Fsp3) is 0.0417. The van der Waals surface area contributed by atoms with Crippen LogP contribution in [0.4, 0.5) is 5.69 Å². The number of fused-ring (bicyclic) bond motifs is 1. The van der Waals surface area contributed by atoms with Gasteiger partial charge in [0.1, 0.15) is 11.3 Å². The zero-order valence-corrected chi connectivity index (χ0v) is 16.4. The van der Waals surface area contributed by atoms with E-state index in [9.17, 15) is 9.59 Å². The number of esters is 1. The molecule has 1 N–H and O–H groups in total. The quantitative estimate of drug-likeness (QED) is 0.345. The number of hydrogen-bond acceptors (Lipinski definition) is 6. The molecule has 0 aliphatic rings. The highest BCUT2D eigenvalue weighted by Crippen LogP contribution is 2.29. The van der Waals surface area contributed by atoms with Crippen LogP contribution in [-0.4, -0.2) is 23.5 Å². The molecule has 0 aliphatic carbocycles. The van der Waals surface area contributed by atoms with Crippen LogP contribution in [0, 0.1) is 0 Å². The summed E-state index contributed by atoms with van der Waals surface area (Å²) < 4.78 is 16.3. The van der Waals surface area contributed by atoms with E-state index in [4.69, 9.17) is 13.9 Å². The molecule has 0 radical (unpaired) electrons. The maximum atomic E-state index is 12.2. The number of oxazole rings is 1. The fourth-order valence-electron chi connectivity index (χ4n) is 2.75. The molecule has 0 saturated carbocycles. The molecule has 0 aliphatic heterocycles. The van der Waals surface area contributed by atoms with E-state index in [1.807, 2.05) is 42.5 Å². The number of hydrogen-bond donors (Lipinski definition) is 1. The van der Waals surface area contributed by atoms with Crippen molar-refractivity contribution in [2.75, 3.05) is 11.9 Å². The summed E-state index contributed by atoms with van der Waals surface area (Å²) in [5, 5.41) is 2.68. The van der Waals surface area contributed by atoms with E-state index in [0.717, 1.165) is 6.08 Å². The Morgan fingerprint density at radius 3 is 2.52 bits per heavy atom. The monoisotopic (exact) mass is 414 g/mol. The maximum Gasteiger partial charge on any atom is 0.331 e. The Labute approximate surface area is 177 Å². The molecule has 0 fully saturated rings. The SMILES string of the molecule is O=C(COC(=O)/C=C/c1nc2ccccc2o1)Nc1ccccc1Oc1ccccc1. The lowest BCUT2D eigenvalue weighted by Crippen LogP contribution is -2.20. The summed E-state index contributed by atoms with van der Waals surface area (Å²) in [5.41, 5.74) is 1.77. The van der Waals surface area contributed by atoms with Crippen LogP contribution in [0.5, 0.6) is 11.5 Å². The van der Waals surface area contributed by atoms with Gasteiger partial charge in [0.05, 0.1) is 5.69 Å². The summed E-state index contributed by atoms with van der Waals surface area (Å²) in [4.78, 5) is 28.4. The molecule has 0 saturated heterocycles. The Balaban J connectivity index is 1.31. The summed E-state index contributed by atoms with van der Waals surface area (Å²) in [6, 6.07) is 23.5. The van der Waals surface area contributed by atoms with Crippen LogP contribution in [0.15, 0.2) is 89.4 Å². The normalized spacial score (nSPS) is 10.8. The molecular formula is C24H18N2O5. The van der Waals surface area contributed by atoms with E-state index >= 15 is 0 Å². The predicted octanol–water partition coefficient (Wildman–Crippen LogP) is 4.82. The summed E-state index contributed by atoms with van der Waals surface area (Å²) in [6.45, 7) is -0.448. The van der Waals surface area contributed by atoms with E-state index in [1.165, 1.54) is 6.08 Å². The van der Waals surface area contributed by atoms with Crippen molar-refractivity contribution in [3.8, 4) is 11.5 Å². The number of amides is 1. The number of rotatable bonds is 7. The van der Waals surface area contributed by atoms with Crippen molar-refractivity contribution in [3.05, 3.63) is 90.8 Å². The Kier molecular flexibility index (Phi) is 6.04. The van der Waals surface area contributed by atoms with Crippen molar-refractivity contribution in [1.82, 2.24) is 4.98 Å². The zero-order chi connectivity index (χ0) is 21.5. The molecule has 4 rings (SSSR count). The third-order valence-electron chi connectivity index (χ3n) is 4.15. The van der Waals surface area contributed by atoms with E-state index in [2.05, 4.69) is 10.3 Å². The van der Waals surface area contributed by atoms with Crippen LogP contribution in [0.3, 0.4) is 0 Å². The van der Waals surface area contributed by atoms with Gasteiger partial charge in [-0.15, -0.1) is 0 Å². The highest BCUT2D eigenvalue weighted by molar-refractivity contribution is 5.95. The van der Waals surface area contributed by atoms with Crippen molar-refractivity contribution in [2.24, 2.45) is 0 Å². The highest BCUT2D eigenvalue weighted by atomic mass is 16.5. The first kappa shape index (κ1) is 19.9. The number of anilines is 1. The molecule has 0 unspecified atom stereocenters. The summed E-state index contributed by atoms with van der Waals surface area (Å²) in [6.07, 6.45) is 2.55. The largest absolute Gasteiger partial charge is 0.455 e. The lowest BCUT2D eigenvalue weighted by molar-refractivity contribution is -0.142. The van der Waals surface area contributed by atoms with Gasteiger partial charge in [0.15, 0.2) is 17.9 Å². The Morgan fingerprint density at radius 2 is 1.68 bits per heavy atom. The molecule has 0 atom stereocenters. The van der Waals surface area contributed by atoms with Crippen molar-refractivity contribution < 1.29 is 23.5 Å². The van der Waals surface area contributed by atoms with E-state index in [1.54, 1.807) is 36.4 Å². The minimum Gasteiger partial charge on any atom is -0.455 e. The maximum absolute atomic E-state index is 12.2. The van der Waals surface area contributed by atoms with Gasteiger partial charge in [-0.25, -0.2) is 9.78 Å². The Hall–Kier alpha value is -4.39. The van der Waals surface area contributed by atoms with Gasteiger partial charge in [0.25, 0.3) is 5.91 Å². The summed E-state index contributed by atoms with van der Waals surface area (Å²) in [7, 11) is 0. The van der Waals surface area contributed by atoms with Gasteiger partial charge < -0.3 is 19.2 Å². The molecule has 4 aromatic rings. The van der Waals surface area contributed by atoms with Crippen LogP contribution in [0.1, 0.15) is 5.89 Å². The van der Waals surface area contributed by atoms with Gasteiger partial charge in [-0.1, -0.05) is 42.5 Å². The van der Waals surface area contributed by atoms with Gasteiger partial charge in [-0.3, -0.25) is 4.79 Å². The molecule has 3 aromatic carbocycles. The lowest BCUT2D eigenvalue weighted by Gasteiger charge is -2.12. The van der Waals surface area contributed by atoms with Crippen molar-refractivity contribution in [1.29, 1.82) is 0 Å². The van der Waals surface area contributed by atoms with Gasteiger partial charge >= 0.3 is 5.97 Å². The van der Waals surface area contributed by atoms with Crippen LogP contribution in [-0.2, 0) is 14.3 Å². The van der Waals surface area contributed by atoms with E-state index in [0.29, 0.717) is 28.3 Å². The number of nitrogens with one attached hydrogen (secondary N) is 1. The fourth-order valence-corrected chi connectivity index (χ4v) is 2.75. The number of para-hydroxylation sites is 5. The molecule has 1 amide bonds. The molecule has 1 aromatic heterocycles. The van der Waals surface area contributed by atoms with Gasteiger partial charge in [0, 0.05) is 12.2 Å². The number of ether oxygens (including phenoxy) is 2. The average Bonchev–Trinajstić information content (AvgIpc) is 3.21. The molecule has 0 spiro atoms. The summed E-state index contributed by atoms with van der Waals surface area (Å²) in [5.74, 6) is 0.206. The first-order valence-corrected chi connectivity index (χ1v) is 9.49. The zero-order valence-electron chi connectivity index (χ0n) is 16.4. The van der Waals surface area contributed by atoms with Crippen molar-refractivity contribution in [3.63, 3.8) is 0 Å². The predicted molar refractivity (Wildman–Crippen MR) is 116 cm³/mol. The first-order valence-electron chi connectivity index (χ1n) is 9.49. The molecule has 154 valence electrons. The first-order chi connectivity index (χ1) is 15.2. The van der Waals surface area contributed by atoms with E-state index in [-0.39, 0.29) is 5.89 Å². The second-order valence-corrected chi connectivity index (χ2v) is 6.42. The second kappa shape index (κ2) is 9.41. The topological polar surface area (TPSA) is 90.7 Å². The highest BCUT2D eigenvalue weighted by Gasteiger charge is 2.10. The molecule has 31 heavy (non-hydrogen) atoms. The molecule has 7 nitrogen and oxygen atoms in total. The Bertz CT molecular complexity index is 1200. The smallest absolute Gasteiger partial charge is 0.331 e. The number of aromatic nitrogens is 1. The minimum atomic E-state index is -0.689. The number of nitrogens with zero attached hydrogens (tertiary/aromatic N) is 1. The lowest BCUT2D eigenvalue weighted by atomic mass is 10.3. The van der Waals surface area contributed by atoms with Crippen LogP contribution in [0.2, 0.25) is 0 Å². The molecular weight excluding hydrogens is 396 g/mol.